The van der Waals surface area contributed by atoms with Crippen LogP contribution in [0, 0.1) is 0 Å². The van der Waals surface area contributed by atoms with E-state index in [1.54, 1.807) is 43.5 Å². The minimum atomic E-state index is -0.566. The summed E-state index contributed by atoms with van der Waals surface area (Å²) in [6.45, 7) is 0. The summed E-state index contributed by atoms with van der Waals surface area (Å²) < 4.78 is 21.0. The molecule has 2 aromatic carbocycles. The lowest BCUT2D eigenvalue weighted by molar-refractivity contribution is 0.406. The number of hydrogen-bond donors (Lipinski definition) is 0. The molecule has 0 radical (unpaired) electrons. The summed E-state index contributed by atoms with van der Waals surface area (Å²) in [4.78, 5) is 16.7. The summed E-state index contributed by atoms with van der Waals surface area (Å²) in [5, 5.41) is 4.61. The van der Waals surface area contributed by atoms with Crippen LogP contribution in [0.3, 0.4) is 0 Å². The Balaban J connectivity index is 1.77. The van der Waals surface area contributed by atoms with Gasteiger partial charge >= 0.3 is 5.63 Å². The molecule has 7 nitrogen and oxygen atoms in total. The Morgan fingerprint density at radius 1 is 1.00 bits per heavy atom. The number of benzene rings is 2. The van der Waals surface area contributed by atoms with Crippen LogP contribution in [0.25, 0.3) is 33.8 Å². The van der Waals surface area contributed by atoms with E-state index >= 15 is 0 Å². The van der Waals surface area contributed by atoms with Gasteiger partial charge in [0.25, 0.3) is 5.89 Å². The number of nitrogens with zero attached hydrogens (tertiary/aromatic N) is 2. The van der Waals surface area contributed by atoms with Gasteiger partial charge in [0, 0.05) is 10.9 Å². The predicted molar refractivity (Wildman–Crippen MR) is 94.3 cm³/mol. The number of methoxy groups -OCH3 is 2. The summed E-state index contributed by atoms with van der Waals surface area (Å²) in [5.41, 5.74) is 0.748. The second-order valence-electron chi connectivity index (χ2n) is 5.48. The van der Waals surface area contributed by atoms with Crippen LogP contribution in [0.15, 0.2) is 62.3 Å². The first-order valence-electron chi connectivity index (χ1n) is 7.79. The van der Waals surface area contributed by atoms with Gasteiger partial charge in [0.2, 0.25) is 5.82 Å². The third-order valence-electron chi connectivity index (χ3n) is 3.95. The Kier molecular flexibility index (Phi) is 3.89. The fraction of sp³-hybridized carbons (Fsp3) is 0.105. The maximum absolute atomic E-state index is 12.4. The van der Waals surface area contributed by atoms with Crippen LogP contribution < -0.4 is 15.1 Å². The Bertz CT molecular complexity index is 1130. The lowest BCUT2D eigenvalue weighted by Gasteiger charge is -2.03. The molecule has 26 heavy (non-hydrogen) atoms. The van der Waals surface area contributed by atoms with Gasteiger partial charge in [0.1, 0.15) is 11.3 Å². The number of ether oxygens (including phenoxy) is 2. The van der Waals surface area contributed by atoms with Gasteiger partial charge in [-0.3, -0.25) is 0 Å². The second kappa shape index (κ2) is 6.36. The maximum atomic E-state index is 12.4. The second-order valence-corrected chi connectivity index (χ2v) is 5.48. The fourth-order valence-electron chi connectivity index (χ4n) is 2.62. The third-order valence-corrected chi connectivity index (χ3v) is 3.95. The smallest absolute Gasteiger partial charge is 0.347 e. The molecular formula is C19H14N2O5. The SMILES string of the molecule is COc1ccc(-c2nc(-c3cc4cccc(OC)c4oc3=O)no2)cc1. The number of aromatic nitrogens is 2. The highest BCUT2D eigenvalue weighted by atomic mass is 16.5. The zero-order chi connectivity index (χ0) is 18.1. The van der Waals surface area contributed by atoms with E-state index in [9.17, 15) is 4.79 Å². The minimum Gasteiger partial charge on any atom is -0.497 e. The average Bonchev–Trinajstić information content (AvgIpc) is 3.17. The molecule has 0 N–H and O–H groups in total. The third kappa shape index (κ3) is 2.69. The van der Waals surface area contributed by atoms with Crippen molar-refractivity contribution in [2.24, 2.45) is 0 Å². The highest BCUT2D eigenvalue weighted by Gasteiger charge is 2.17. The van der Waals surface area contributed by atoms with Crippen LogP contribution in [0.5, 0.6) is 11.5 Å². The molecule has 0 unspecified atom stereocenters. The zero-order valence-corrected chi connectivity index (χ0v) is 14.1. The van der Waals surface area contributed by atoms with Crippen LogP contribution in [0.1, 0.15) is 0 Å². The summed E-state index contributed by atoms with van der Waals surface area (Å²) in [7, 11) is 3.11. The predicted octanol–water partition coefficient (Wildman–Crippen LogP) is 3.53. The van der Waals surface area contributed by atoms with Crippen molar-refractivity contribution in [2.75, 3.05) is 14.2 Å². The summed E-state index contributed by atoms with van der Waals surface area (Å²) in [6.07, 6.45) is 0. The standard InChI is InChI=1S/C19H14N2O5/c1-23-13-8-6-11(7-9-13)18-20-17(21-26-18)14-10-12-4-3-5-15(24-2)16(12)25-19(14)22/h3-10H,1-2H3. The Labute approximate surface area is 147 Å². The summed E-state index contributed by atoms with van der Waals surface area (Å²) >= 11 is 0. The quantitative estimate of drug-likeness (QED) is 0.520. The lowest BCUT2D eigenvalue weighted by Crippen LogP contribution is -2.04. The molecule has 2 aromatic heterocycles. The molecule has 7 heteroatoms. The summed E-state index contributed by atoms with van der Waals surface area (Å²) in [6, 6.07) is 14.2. The first-order valence-corrected chi connectivity index (χ1v) is 7.79. The molecule has 4 rings (SSSR count). The van der Waals surface area contributed by atoms with Gasteiger partial charge in [-0.15, -0.1) is 0 Å². The largest absolute Gasteiger partial charge is 0.497 e. The lowest BCUT2D eigenvalue weighted by atomic mass is 10.1. The van der Waals surface area contributed by atoms with Gasteiger partial charge in [-0.05, 0) is 36.4 Å². The Morgan fingerprint density at radius 3 is 2.54 bits per heavy atom. The fourth-order valence-corrected chi connectivity index (χ4v) is 2.62. The van der Waals surface area contributed by atoms with E-state index in [2.05, 4.69) is 10.1 Å². The molecule has 0 aliphatic rings. The molecule has 2 heterocycles. The van der Waals surface area contributed by atoms with E-state index in [1.165, 1.54) is 7.11 Å². The van der Waals surface area contributed by atoms with Gasteiger partial charge in [-0.2, -0.15) is 4.98 Å². The number of rotatable bonds is 4. The molecule has 0 amide bonds. The van der Waals surface area contributed by atoms with Gasteiger partial charge in [0.05, 0.1) is 14.2 Å². The average molecular weight is 350 g/mol. The molecule has 4 aromatic rings. The Morgan fingerprint density at radius 2 is 1.81 bits per heavy atom. The van der Waals surface area contributed by atoms with Crippen LogP contribution in [0.2, 0.25) is 0 Å². The van der Waals surface area contributed by atoms with Crippen molar-refractivity contribution in [1.29, 1.82) is 0 Å². The number of hydrogen-bond acceptors (Lipinski definition) is 7. The number of para-hydroxylation sites is 1. The first-order chi connectivity index (χ1) is 12.7. The van der Waals surface area contributed by atoms with E-state index in [4.69, 9.17) is 18.4 Å². The molecular weight excluding hydrogens is 336 g/mol. The molecule has 0 aliphatic carbocycles. The van der Waals surface area contributed by atoms with E-state index < -0.39 is 5.63 Å². The molecule has 0 saturated heterocycles. The first kappa shape index (κ1) is 15.9. The number of fused-ring (bicyclic) bond motifs is 1. The Hall–Kier alpha value is -3.61. The van der Waals surface area contributed by atoms with Crippen LogP contribution in [0.4, 0.5) is 0 Å². The van der Waals surface area contributed by atoms with Crippen LogP contribution >= 0.6 is 0 Å². The van der Waals surface area contributed by atoms with E-state index in [0.717, 1.165) is 11.3 Å². The van der Waals surface area contributed by atoms with Crippen molar-refractivity contribution < 1.29 is 18.4 Å². The molecule has 0 aliphatic heterocycles. The van der Waals surface area contributed by atoms with E-state index in [-0.39, 0.29) is 11.4 Å². The van der Waals surface area contributed by atoms with Gasteiger partial charge in [-0.1, -0.05) is 17.3 Å². The van der Waals surface area contributed by atoms with Gasteiger partial charge in [0.15, 0.2) is 11.3 Å². The van der Waals surface area contributed by atoms with Crippen molar-refractivity contribution in [1.82, 2.24) is 10.1 Å². The van der Waals surface area contributed by atoms with Crippen molar-refractivity contribution in [3.8, 4) is 34.3 Å². The normalized spacial score (nSPS) is 10.8. The van der Waals surface area contributed by atoms with Crippen LogP contribution in [-0.2, 0) is 0 Å². The molecule has 0 fully saturated rings. The van der Waals surface area contributed by atoms with Gasteiger partial charge < -0.3 is 18.4 Å². The highest BCUT2D eigenvalue weighted by Crippen LogP contribution is 2.28. The molecule has 0 atom stereocenters. The monoisotopic (exact) mass is 350 g/mol. The zero-order valence-electron chi connectivity index (χ0n) is 14.1. The molecule has 130 valence electrons. The minimum absolute atomic E-state index is 0.161. The van der Waals surface area contributed by atoms with Crippen LogP contribution in [-0.4, -0.2) is 24.4 Å². The topological polar surface area (TPSA) is 87.6 Å². The van der Waals surface area contributed by atoms with Crippen molar-refractivity contribution in [3.63, 3.8) is 0 Å². The van der Waals surface area contributed by atoms with Crippen molar-refractivity contribution in [3.05, 3.63) is 59.0 Å². The highest BCUT2D eigenvalue weighted by molar-refractivity contribution is 5.85. The molecule has 0 spiro atoms. The summed E-state index contributed by atoms with van der Waals surface area (Å²) in [5.74, 6) is 1.66. The van der Waals surface area contributed by atoms with E-state index in [1.807, 2.05) is 12.1 Å². The van der Waals surface area contributed by atoms with Crippen molar-refractivity contribution in [2.45, 2.75) is 0 Å². The van der Waals surface area contributed by atoms with Gasteiger partial charge in [-0.25, -0.2) is 4.79 Å². The van der Waals surface area contributed by atoms with E-state index in [0.29, 0.717) is 22.6 Å². The molecule has 0 bridgehead atoms. The van der Waals surface area contributed by atoms with Crippen molar-refractivity contribution >= 4 is 11.0 Å². The maximum Gasteiger partial charge on any atom is 0.347 e. The molecule has 0 saturated carbocycles.